The quantitative estimate of drug-likeness (QED) is 0.438. The van der Waals surface area contributed by atoms with E-state index in [2.05, 4.69) is 6.58 Å². The van der Waals surface area contributed by atoms with Crippen molar-refractivity contribution in [3.8, 4) is 29.4 Å². The molecule has 0 radical (unpaired) electrons. The Morgan fingerprint density at radius 2 is 1.64 bits per heavy atom. The second-order valence-electron chi connectivity index (χ2n) is 5.72. The van der Waals surface area contributed by atoms with E-state index in [-0.39, 0.29) is 0 Å². The average Bonchev–Trinajstić information content (AvgIpc) is 2.73. The van der Waals surface area contributed by atoms with Crippen molar-refractivity contribution in [2.75, 3.05) is 33.5 Å². The molecule has 2 aromatic carbocycles. The average molecular weight is 378 g/mol. The molecule has 6 nitrogen and oxygen atoms in total. The predicted octanol–water partition coefficient (Wildman–Crippen LogP) is 3.64. The molecular weight excluding hydrogens is 356 g/mol. The van der Waals surface area contributed by atoms with Crippen LogP contribution in [-0.4, -0.2) is 33.5 Å². The van der Waals surface area contributed by atoms with Crippen molar-refractivity contribution in [3.63, 3.8) is 0 Å². The molecule has 0 fully saturated rings. The van der Waals surface area contributed by atoms with Crippen LogP contribution in [0.25, 0.3) is 0 Å². The molecule has 0 saturated carbocycles. The van der Waals surface area contributed by atoms with E-state index in [1.807, 2.05) is 36.4 Å². The van der Waals surface area contributed by atoms with Gasteiger partial charge in [0, 0.05) is 0 Å². The monoisotopic (exact) mass is 378 g/mol. The Kier molecular flexibility index (Phi) is 8.39. The highest BCUT2D eigenvalue weighted by atomic mass is 16.6. The van der Waals surface area contributed by atoms with E-state index in [0.29, 0.717) is 54.8 Å². The van der Waals surface area contributed by atoms with Gasteiger partial charge in [-0.15, -0.1) is 6.58 Å². The standard InChI is InChI=1S/C22H22N2O4/c1-3-4-17-5-8-21(22(13-17)25-2)28-12-10-26-9-11-27-20-7-6-18(15-23)19(14-20)16-24/h3,5-8,13-14H,1,4,9-12H2,2H3. The van der Waals surface area contributed by atoms with Crippen LogP contribution in [0.1, 0.15) is 16.7 Å². The number of nitrogens with zero attached hydrogens (tertiary/aromatic N) is 2. The van der Waals surface area contributed by atoms with Gasteiger partial charge in [-0.3, -0.25) is 0 Å². The second-order valence-corrected chi connectivity index (χ2v) is 5.72. The van der Waals surface area contributed by atoms with E-state index in [4.69, 9.17) is 29.5 Å². The van der Waals surface area contributed by atoms with E-state index in [9.17, 15) is 0 Å². The second kappa shape index (κ2) is 11.3. The summed E-state index contributed by atoms with van der Waals surface area (Å²) in [6.45, 7) is 5.22. The maximum absolute atomic E-state index is 9.01. The minimum atomic E-state index is 0.294. The molecule has 2 rings (SSSR count). The number of benzene rings is 2. The van der Waals surface area contributed by atoms with Gasteiger partial charge in [-0.1, -0.05) is 12.1 Å². The molecule has 0 aromatic heterocycles. The van der Waals surface area contributed by atoms with Gasteiger partial charge in [0.2, 0.25) is 0 Å². The lowest BCUT2D eigenvalue weighted by Crippen LogP contribution is -2.12. The van der Waals surface area contributed by atoms with E-state index in [0.717, 1.165) is 12.0 Å². The smallest absolute Gasteiger partial charge is 0.161 e. The van der Waals surface area contributed by atoms with Crippen LogP contribution in [0.4, 0.5) is 0 Å². The van der Waals surface area contributed by atoms with E-state index < -0.39 is 0 Å². The summed E-state index contributed by atoms with van der Waals surface area (Å²) in [6, 6.07) is 14.5. The van der Waals surface area contributed by atoms with Crippen molar-refractivity contribution in [1.29, 1.82) is 10.5 Å². The van der Waals surface area contributed by atoms with Gasteiger partial charge in [0.1, 0.15) is 31.1 Å². The van der Waals surface area contributed by atoms with Gasteiger partial charge in [-0.25, -0.2) is 0 Å². The highest BCUT2D eigenvalue weighted by Crippen LogP contribution is 2.28. The Labute approximate surface area is 165 Å². The first-order valence-corrected chi connectivity index (χ1v) is 8.77. The molecule has 144 valence electrons. The molecule has 0 aliphatic rings. The van der Waals surface area contributed by atoms with Crippen LogP contribution < -0.4 is 14.2 Å². The van der Waals surface area contributed by atoms with Crippen LogP contribution in [0.15, 0.2) is 49.1 Å². The molecule has 0 unspecified atom stereocenters. The summed E-state index contributed by atoms with van der Waals surface area (Å²) in [4.78, 5) is 0. The van der Waals surface area contributed by atoms with Crippen LogP contribution in [0.5, 0.6) is 17.2 Å². The van der Waals surface area contributed by atoms with Crippen molar-refractivity contribution in [1.82, 2.24) is 0 Å². The highest BCUT2D eigenvalue weighted by Gasteiger charge is 2.06. The lowest BCUT2D eigenvalue weighted by molar-refractivity contribution is 0.0757. The van der Waals surface area contributed by atoms with Crippen molar-refractivity contribution in [2.24, 2.45) is 0 Å². The number of allylic oxidation sites excluding steroid dienone is 1. The Bertz CT molecular complexity index is 881. The minimum Gasteiger partial charge on any atom is -0.493 e. The molecule has 0 atom stereocenters. The van der Waals surface area contributed by atoms with Crippen molar-refractivity contribution >= 4 is 0 Å². The zero-order chi connectivity index (χ0) is 20.2. The topological polar surface area (TPSA) is 84.5 Å². The third-order valence-corrected chi connectivity index (χ3v) is 3.82. The first kappa shape index (κ1) is 20.8. The van der Waals surface area contributed by atoms with E-state index in [1.165, 1.54) is 0 Å². The summed E-state index contributed by atoms with van der Waals surface area (Å²) in [5.74, 6) is 1.87. The molecule has 6 heteroatoms. The third kappa shape index (κ3) is 6.05. The zero-order valence-electron chi connectivity index (χ0n) is 15.8. The van der Waals surface area contributed by atoms with Crippen LogP contribution in [0.3, 0.4) is 0 Å². The molecule has 0 spiro atoms. The van der Waals surface area contributed by atoms with Crippen molar-refractivity contribution in [3.05, 3.63) is 65.7 Å². The summed E-state index contributed by atoms with van der Waals surface area (Å²) in [5.41, 5.74) is 1.73. The molecule has 0 aliphatic heterocycles. The fourth-order valence-electron chi connectivity index (χ4n) is 2.46. The fourth-order valence-corrected chi connectivity index (χ4v) is 2.46. The van der Waals surface area contributed by atoms with E-state index >= 15 is 0 Å². The normalized spacial score (nSPS) is 9.82. The minimum absolute atomic E-state index is 0.294. The summed E-state index contributed by atoms with van der Waals surface area (Å²) in [6.07, 6.45) is 2.61. The zero-order valence-corrected chi connectivity index (χ0v) is 15.8. The first-order valence-electron chi connectivity index (χ1n) is 8.77. The molecule has 0 amide bonds. The van der Waals surface area contributed by atoms with Crippen LogP contribution in [0.2, 0.25) is 0 Å². The molecule has 28 heavy (non-hydrogen) atoms. The maximum Gasteiger partial charge on any atom is 0.161 e. The summed E-state index contributed by atoms with van der Waals surface area (Å²) in [7, 11) is 1.61. The van der Waals surface area contributed by atoms with Gasteiger partial charge in [0.25, 0.3) is 0 Å². The largest absolute Gasteiger partial charge is 0.493 e. The Morgan fingerprint density at radius 3 is 2.32 bits per heavy atom. The van der Waals surface area contributed by atoms with Gasteiger partial charge in [0.15, 0.2) is 11.5 Å². The molecular formula is C22H22N2O4. The maximum atomic E-state index is 9.01. The SMILES string of the molecule is C=CCc1ccc(OCCOCCOc2ccc(C#N)c(C#N)c2)c(OC)c1. The van der Waals surface area contributed by atoms with Gasteiger partial charge >= 0.3 is 0 Å². The highest BCUT2D eigenvalue weighted by molar-refractivity contribution is 5.49. The number of hydrogen-bond acceptors (Lipinski definition) is 6. The molecule has 0 heterocycles. The van der Waals surface area contributed by atoms with Gasteiger partial charge in [-0.2, -0.15) is 10.5 Å². The third-order valence-electron chi connectivity index (χ3n) is 3.82. The molecule has 0 N–H and O–H groups in total. The van der Waals surface area contributed by atoms with Crippen LogP contribution in [-0.2, 0) is 11.2 Å². The Morgan fingerprint density at radius 1 is 0.893 bits per heavy atom. The summed E-state index contributed by atoms with van der Waals surface area (Å²) in [5, 5.41) is 17.9. The molecule has 2 aromatic rings. The Hall–Kier alpha value is -3.48. The van der Waals surface area contributed by atoms with Gasteiger partial charge < -0.3 is 18.9 Å². The number of rotatable bonds is 11. The number of hydrogen-bond donors (Lipinski definition) is 0. The Balaban J connectivity index is 1.69. The van der Waals surface area contributed by atoms with E-state index in [1.54, 1.807) is 25.3 Å². The number of methoxy groups -OCH3 is 1. The molecule has 0 aliphatic carbocycles. The molecule has 0 bridgehead atoms. The first-order chi connectivity index (χ1) is 13.7. The predicted molar refractivity (Wildman–Crippen MR) is 105 cm³/mol. The van der Waals surface area contributed by atoms with Crippen LogP contribution in [0, 0.1) is 22.7 Å². The fraction of sp³-hybridized carbons (Fsp3) is 0.273. The number of ether oxygens (including phenoxy) is 4. The van der Waals surface area contributed by atoms with Gasteiger partial charge in [0.05, 0.1) is 31.5 Å². The van der Waals surface area contributed by atoms with Gasteiger partial charge in [-0.05, 0) is 42.3 Å². The summed E-state index contributed by atoms with van der Waals surface area (Å²) >= 11 is 0. The van der Waals surface area contributed by atoms with Crippen molar-refractivity contribution < 1.29 is 18.9 Å². The lowest BCUT2D eigenvalue weighted by Gasteiger charge is -2.12. The lowest BCUT2D eigenvalue weighted by atomic mass is 10.1. The van der Waals surface area contributed by atoms with Crippen molar-refractivity contribution in [2.45, 2.75) is 6.42 Å². The molecule has 0 saturated heterocycles. The summed E-state index contributed by atoms with van der Waals surface area (Å²) < 4.78 is 22.1. The van der Waals surface area contributed by atoms with Crippen LogP contribution >= 0.6 is 0 Å². The number of nitriles is 2.